The Morgan fingerprint density at radius 3 is 1.38 bits per heavy atom. The first kappa shape index (κ1) is 77.2. The van der Waals surface area contributed by atoms with Gasteiger partial charge in [0.2, 0.25) is 5.79 Å². The van der Waals surface area contributed by atoms with Gasteiger partial charge in [0.1, 0.15) is 29.2 Å². The number of aromatic hydroxyl groups is 1. The molecule has 0 fully saturated rings. The SMILES string of the molecule is Cc1cc(F)cc(C2=CC(C(C)(C)CC(C)(C)C)=CC(n3c4ccc(C(C)(C)C)cc4c4cc(C(C)(C)C)ccc43)C2(O)OCCCOc2c(C)cc(F)cc2-c2cc(C(C)(C)CC(C)(C)C)cc(-n3c4ccc(C(C)(C)C)cc4c4cc(C(C)(C)C)ccc43)c2O)c1.[CH3-].[CH3-].[Hf]. The van der Waals surface area contributed by atoms with Gasteiger partial charge < -0.3 is 43.7 Å². The van der Waals surface area contributed by atoms with E-state index in [4.69, 9.17) is 9.47 Å². The van der Waals surface area contributed by atoms with E-state index in [0.29, 0.717) is 45.7 Å². The number of aromatic nitrogens is 2. The number of fused-ring (bicyclic) bond motifs is 6. The Morgan fingerprint density at radius 2 is 0.927 bits per heavy atom. The van der Waals surface area contributed by atoms with E-state index in [-0.39, 0.29) is 92.1 Å². The van der Waals surface area contributed by atoms with Crippen molar-refractivity contribution in [2.75, 3.05) is 13.2 Å². The topological polar surface area (TPSA) is 68.8 Å². The van der Waals surface area contributed by atoms with Crippen LogP contribution in [0, 0.1) is 56.6 Å². The zero-order valence-corrected chi connectivity index (χ0v) is 66.7. The maximum absolute atomic E-state index is 16.4. The van der Waals surface area contributed by atoms with E-state index in [1.165, 1.54) is 46.5 Å². The number of phenolic OH excluding ortho intramolecular Hbond substituents is 1. The molecular formula is C87H112F2HfN2O4-2. The van der Waals surface area contributed by atoms with Gasteiger partial charge in [0.15, 0.2) is 0 Å². The van der Waals surface area contributed by atoms with Gasteiger partial charge in [0, 0.05) is 81.5 Å². The fourth-order valence-corrected chi connectivity index (χ4v) is 15.1. The average molecular weight is 1470 g/mol. The molecule has 2 atom stereocenters. The smallest absolute Gasteiger partial charge is 0.218 e. The van der Waals surface area contributed by atoms with Crippen LogP contribution < -0.4 is 4.74 Å². The van der Waals surface area contributed by atoms with E-state index in [1.807, 2.05) is 32.1 Å². The first-order valence-electron chi connectivity index (χ1n) is 33.8. The first-order chi connectivity index (χ1) is 42.8. The van der Waals surface area contributed by atoms with E-state index in [1.54, 1.807) is 0 Å². The van der Waals surface area contributed by atoms with Crippen LogP contribution in [-0.4, -0.2) is 38.3 Å². The summed E-state index contributed by atoms with van der Waals surface area (Å²) in [6, 6.07) is 38.0. The number of hydrogen-bond donors (Lipinski definition) is 2. The second-order valence-corrected chi connectivity index (χ2v) is 35.3. The Bertz CT molecular complexity index is 4290. The molecule has 6 nitrogen and oxygen atoms in total. The molecule has 0 amide bonds. The van der Waals surface area contributed by atoms with Crippen molar-refractivity contribution < 1.29 is 54.3 Å². The van der Waals surface area contributed by atoms with Gasteiger partial charge in [-0.3, -0.25) is 0 Å². The third kappa shape index (κ3) is 15.5. The van der Waals surface area contributed by atoms with Crippen molar-refractivity contribution in [3.63, 3.8) is 0 Å². The minimum Gasteiger partial charge on any atom is -0.505 e. The molecule has 0 saturated carbocycles. The van der Waals surface area contributed by atoms with Crippen molar-refractivity contribution in [2.45, 2.75) is 224 Å². The Morgan fingerprint density at radius 1 is 0.490 bits per heavy atom. The summed E-state index contributed by atoms with van der Waals surface area (Å²) in [4.78, 5) is 0. The van der Waals surface area contributed by atoms with Gasteiger partial charge >= 0.3 is 0 Å². The van der Waals surface area contributed by atoms with Crippen molar-refractivity contribution >= 4 is 49.2 Å². The molecule has 2 N–H and O–H groups in total. The van der Waals surface area contributed by atoms with Crippen LogP contribution in [-0.2, 0) is 57.7 Å². The summed E-state index contributed by atoms with van der Waals surface area (Å²) in [6.07, 6.45) is 6.21. The number of aryl methyl sites for hydroxylation is 2. The Labute approximate surface area is 594 Å². The monoisotopic (exact) mass is 1470 g/mol. The van der Waals surface area contributed by atoms with Crippen molar-refractivity contribution in [2.24, 2.45) is 16.2 Å². The predicted molar refractivity (Wildman–Crippen MR) is 402 cm³/mol. The van der Waals surface area contributed by atoms with Crippen LogP contribution in [0.5, 0.6) is 11.5 Å². The minimum atomic E-state index is -2.05. The zero-order chi connectivity index (χ0) is 68.5. The molecule has 9 aromatic rings. The number of halogens is 2. The number of benzene rings is 7. The number of nitrogens with zero attached hydrogens (tertiary/aromatic N) is 2. The van der Waals surface area contributed by atoms with Crippen LogP contribution in [0.4, 0.5) is 8.78 Å². The van der Waals surface area contributed by atoms with Crippen LogP contribution >= 0.6 is 0 Å². The molecule has 2 heterocycles. The second kappa shape index (κ2) is 26.8. The molecule has 0 spiro atoms. The normalized spacial score (nSPS) is 16.2. The Hall–Kier alpha value is -6.13. The maximum Gasteiger partial charge on any atom is 0.218 e. The summed E-state index contributed by atoms with van der Waals surface area (Å²) < 4.78 is 51.0. The van der Waals surface area contributed by atoms with Crippen molar-refractivity contribution in [1.29, 1.82) is 0 Å². The zero-order valence-electron chi connectivity index (χ0n) is 63.1. The summed E-state index contributed by atoms with van der Waals surface area (Å²) in [6.45, 7) is 53.2. The predicted octanol–water partition coefficient (Wildman–Crippen LogP) is 24.2. The number of aliphatic hydroxyl groups is 1. The molecule has 9 heteroatoms. The van der Waals surface area contributed by atoms with Crippen LogP contribution in [0.25, 0.3) is 66.0 Å². The Kier molecular flexibility index (Phi) is 21.6. The molecule has 0 saturated heterocycles. The van der Waals surface area contributed by atoms with E-state index in [9.17, 15) is 10.2 Å². The largest absolute Gasteiger partial charge is 0.505 e. The van der Waals surface area contributed by atoms with Crippen LogP contribution in [0.1, 0.15) is 222 Å². The number of allylic oxidation sites excluding steroid dienone is 2. The molecule has 0 bridgehead atoms. The average Bonchev–Trinajstić information content (AvgIpc) is 1.41. The van der Waals surface area contributed by atoms with E-state index in [0.717, 1.165) is 73.2 Å². The van der Waals surface area contributed by atoms with E-state index < -0.39 is 34.3 Å². The molecule has 1 aliphatic carbocycles. The quantitative estimate of drug-likeness (QED) is 0.0493. The molecular weight excluding hydrogens is 1350 g/mol. The standard InChI is InChI=1S/C85H106F2N2O4.2CH3.Hf/c1-51-36-53(39-60(86)37-51)68-45-59(84(23,24)50-78(6,7)8)47-74(89-71-32-28-56(81(15,16)17)42-64(71)65-43-57(82(18,19)20)29-33-72(65)89)85(68,91)93-35-25-34-92-76-52(2)38-61(87)48-67(76)66-44-58(83(21,22)49-77(3,4)5)46-73(75(66)90)88-69-30-26-54(79(9,10)11)40-62(69)63-41-55(80(12,13)14)27-31-70(63)88;;;/h26-33,36-48,74,90-91H,25,34-35,49-50H2,1-24H3;2*1H3;/q;2*-1;. The number of ether oxygens (including phenoxy) is 2. The molecule has 0 aliphatic heterocycles. The third-order valence-corrected chi connectivity index (χ3v) is 19.3. The van der Waals surface area contributed by atoms with Gasteiger partial charge in [-0.25, -0.2) is 8.78 Å². The molecule has 514 valence electrons. The van der Waals surface area contributed by atoms with Crippen LogP contribution in [0.15, 0.2) is 133 Å². The maximum atomic E-state index is 16.4. The summed E-state index contributed by atoms with van der Waals surface area (Å²) in [7, 11) is 0. The van der Waals surface area contributed by atoms with Gasteiger partial charge in [0.25, 0.3) is 0 Å². The summed E-state index contributed by atoms with van der Waals surface area (Å²) in [5, 5.41) is 31.8. The molecule has 0 radical (unpaired) electrons. The second-order valence-electron chi connectivity index (χ2n) is 35.3. The number of hydrogen-bond acceptors (Lipinski definition) is 4. The van der Waals surface area contributed by atoms with E-state index >= 15 is 8.78 Å². The van der Waals surface area contributed by atoms with Gasteiger partial charge in [0.05, 0.1) is 29.9 Å². The molecule has 2 unspecified atom stereocenters. The molecule has 2 aromatic heterocycles. The first-order valence-corrected chi connectivity index (χ1v) is 33.8. The van der Waals surface area contributed by atoms with Crippen molar-refractivity contribution in [3.8, 4) is 28.3 Å². The van der Waals surface area contributed by atoms with Gasteiger partial charge in [-0.2, -0.15) is 0 Å². The fraction of sp³-hybridized carbons (Fsp3) is 0.448. The summed E-state index contributed by atoms with van der Waals surface area (Å²) in [5.41, 5.74) is 13.0. The van der Waals surface area contributed by atoms with Crippen LogP contribution in [0.3, 0.4) is 0 Å². The van der Waals surface area contributed by atoms with E-state index in [2.05, 4.69) is 246 Å². The summed E-state index contributed by atoms with van der Waals surface area (Å²) >= 11 is 0. The summed E-state index contributed by atoms with van der Waals surface area (Å²) in [5.74, 6) is -2.48. The van der Waals surface area contributed by atoms with Crippen LogP contribution in [0.2, 0.25) is 0 Å². The minimum absolute atomic E-state index is 0. The van der Waals surface area contributed by atoms with Crippen molar-refractivity contribution in [1.82, 2.24) is 9.13 Å². The van der Waals surface area contributed by atoms with Gasteiger partial charge in [-0.1, -0.05) is 189 Å². The third-order valence-electron chi connectivity index (χ3n) is 19.3. The van der Waals surface area contributed by atoms with Crippen molar-refractivity contribution in [3.05, 3.63) is 204 Å². The Balaban J connectivity index is 0.00000433. The number of phenols is 1. The molecule has 7 aromatic carbocycles. The fourth-order valence-electron chi connectivity index (χ4n) is 15.1. The molecule has 96 heavy (non-hydrogen) atoms. The number of rotatable bonds is 14. The molecule has 10 rings (SSSR count). The molecule has 1 aliphatic rings. The van der Waals surface area contributed by atoms with Gasteiger partial charge in [-0.15, -0.1) is 0 Å². The van der Waals surface area contributed by atoms with Gasteiger partial charge in [-0.05, 0) is 211 Å².